The number of aliphatic imine (C=N–C) groups is 1. The Hall–Kier alpha value is -1.64. The Morgan fingerprint density at radius 2 is 1.88 bits per heavy atom. The van der Waals surface area contributed by atoms with E-state index in [9.17, 15) is 4.39 Å². The third-order valence-corrected chi connectivity index (χ3v) is 3.67. The molecule has 132 valence electrons. The second kappa shape index (κ2) is 10.3. The van der Waals surface area contributed by atoms with Crippen molar-refractivity contribution in [3.05, 3.63) is 52.7 Å². The Bertz CT molecular complexity index is 651. The van der Waals surface area contributed by atoms with E-state index >= 15 is 0 Å². The van der Waals surface area contributed by atoms with Crippen molar-refractivity contribution in [1.82, 2.24) is 15.8 Å². The van der Waals surface area contributed by atoms with Crippen LogP contribution in [0.4, 0.5) is 4.39 Å². The van der Waals surface area contributed by atoms with Crippen molar-refractivity contribution in [2.75, 3.05) is 7.05 Å². The number of rotatable bonds is 6. The van der Waals surface area contributed by atoms with Gasteiger partial charge in [-0.1, -0.05) is 37.2 Å². The Kier molecular flexibility index (Phi) is 8.73. The highest BCUT2D eigenvalue weighted by atomic mass is 127. The first-order valence-corrected chi connectivity index (χ1v) is 7.83. The summed E-state index contributed by atoms with van der Waals surface area (Å²) in [5.74, 6) is 1.27. The first-order chi connectivity index (χ1) is 11.2. The van der Waals surface area contributed by atoms with E-state index in [-0.39, 0.29) is 29.8 Å². The van der Waals surface area contributed by atoms with Gasteiger partial charge >= 0.3 is 0 Å². The van der Waals surface area contributed by atoms with Gasteiger partial charge in [0.1, 0.15) is 11.6 Å². The van der Waals surface area contributed by atoms with Crippen molar-refractivity contribution >= 4 is 29.9 Å². The van der Waals surface area contributed by atoms with Gasteiger partial charge in [-0.15, -0.1) is 24.0 Å². The lowest BCUT2D eigenvalue weighted by Gasteiger charge is -2.12. The maximum Gasteiger partial charge on any atom is 0.191 e. The minimum absolute atomic E-state index is 0. The largest absolute Gasteiger partial charge is 0.361 e. The maximum absolute atomic E-state index is 13.6. The van der Waals surface area contributed by atoms with Gasteiger partial charge in [-0.2, -0.15) is 0 Å². The fraction of sp³-hybridized carbons (Fsp3) is 0.412. The molecule has 0 aliphatic rings. The summed E-state index contributed by atoms with van der Waals surface area (Å²) < 4.78 is 19.0. The monoisotopic (exact) mass is 446 g/mol. The van der Waals surface area contributed by atoms with E-state index in [1.54, 1.807) is 19.2 Å². The van der Waals surface area contributed by atoms with Crippen LogP contribution in [0.2, 0.25) is 0 Å². The molecule has 7 heteroatoms. The Morgan fingerprint density at radius 3 is 2.50 bits per heavy atom. The zero-order chi connectivity index (χ0) is 16.7. The lowest BCUT2D eigenvalue weighted by atomic mass is 10.1. The molecule has 0 bridgehead atoms. The molecule has 2 rings (SSSR count). The zero-order valence-electron chi connectivity index (χ0n) is 14.2. The van der Waals surface area contributed by atoms with Crippen LogP contribution in [0.1, 0.15) is 36.4 Å². The number of guanidine groups is 1. The summed E-state index contributed by atoms with van der Waals surface area (Å²) in [6.07, 6.45) is 1.62. The normalized spacial score (nSPS) is 11.1. The summed E-state index contributed by atoms with van der Waals surface area (Å²) in [4.78, 5) is 4.16. The van der Waals surface area contributed by atoms with E-state index in [2.05, 4.69) is 20.8 Å². The molecule has 1 aromatic carbocycles. The van der Waals surface area contributed by atoms with Crippen LogP contribution in [0, 0.1) is 5.82 Å². The molecule has 1 heterocycles. The fourth-order valence-corrected chi connectivity index (χ4v) is 2.35. The molecule has 5 nitrogen and oxygen atoms in total. The average molecular weight is 446 g/mol. The van der Waals surface area contributed by atoms with Crippen molar-refractivity contribution in [2.24, 2.45) is 4.99 Å². The molecule has 2 N–H and O–H groups in total. The van der Waals surface area contributed by atoms with Crippen molar-refractivity contribution in [3.8, 4) is 0 Å². The Labute approximate surface area is 159 Å². The van der Waals surface area contributed by atoms with Crippen LogP contribution in [-0.2, 0) is 25.9 Å². The standard InChI is InChI=1S/C17H23FN4O.HI/c1-4-15-13(16(5-2)23-22-15)11-21-17(19-3)20-10-12-8-6-7-9-14(12)18;/h6-9H,4-5,10-11H2,1-3H3,(H2,19,20,21);1H. The SMILES string of the molecule is CCc1noc(CC)c1CNC(=NC)NCc1ccccc1F.I. The van der Waals surface area contributed by atoms with E-state index < -0.39 is 0 Å². The molecular weight excluding hydrogens is 422 g/mol. The van der Waals surface area contributed by atoms with Gasteiger partial charge in [0.05, 0.1) is 5.69 Å². The molecule has 0 aliphatic heterocycles. The van der Waals surface area contributed by atoms with Gasteiger partial charge in [-0.05, 0) is 12.5 Å². The Balaban J connectivity index is 0.00000288. The molecule has 0 atom stereocenters. The number of hydrogen-bond acceptors (Lipinski definition) is 3. The van der Waals surface area contributed by atoms with Gasteiger partial charge in [-0.25, -0.2) is 4.39 Å². The molecule has 0 amide bonds. The van der Waals surface area contributed by atoms with E-state index in [1.165, 1.54) is 6.07 Å². The molecule has 0 radical (unpaired) electrons. The second-order valence-electron chi connectivity index (χ2n) is 5.11. The average Bonchev–Trinajstić information content (AvgIpc) is 2.98. The molecule has 24 heavy (non-hydrogen) atoms. The summed E-state index contributed by atoms with van der Waals surface area (Å²) in [5.41, 5.74) is 2.63. The van der Waals surface area contributed by atoms with Crippen LogP contribution in [0.25, 0.3) is 0 Å². The van der Waals surface area contributed by atoms with Crippen LogP contribution in [0.15, 0.2) is 33.8 Å². The molecule has 0 spiro atoms. The van der Waals surface area contributed by atoms with Crippen LogP contribution < -0.4 is 10.6 Å². The first-order valence-electron chi connectivity index (χ1n) is 7.83. The van der Waals surface area contributed by atoms with E-state index in [1.807, 2.05) is 19.9 Å². The van der Waals surface area contributed by atoms with Gasteiger partial charge in [0.15, 0.2) is 5.96 Å². The highest BCUT2D eigenvalue weighted by Crippen LogP contribution is 2.15. The lowest BCUT2D eigenvalue weighted by molar-refractivity contribution is 0.380. The first kappa shape index (κ1) is 20.4. The predicted octanol–water partition coefficient (Wildman–Crippen LogP) is 3.42. The van der Waals surface area contributed by atoms with Crippen molar-refractivity contribution < 1.29 is 8.91 Å². The molecular formula is C17H24FIN4O. The van der Waals surface area contributed by atoms with E-state index in [0.29, 0.717) is 24.6 Å². The summed E-state index contributed by atoms with van der Waals surface area (Å²) in [5, 5.41) is 10.4. The summed E-state index contributed by atoms with van der Waals surface area (Å²) in [7, 11) is 1.69. The lowest BCUT2D eigenvalue weighted by Crippen LogP contribution is -2.36. The quantitative estimate of drug-likeness (QED) is 0.406. The van der Waals surface area contributed by atoms with Gasteiger partial charge < -0.3 is 15.2 Å². The smallest absolute Gasteiger partial charge is 0.191 e. The number of aromatic nitrogens is 1. The van der Waals surface area contributed by atoms with Crippen LogP contribution in [0.5, 0.6) is 0 Å². The van der Waals surface area contributed by atoms with Crippen molar-refractivity contribution in [3.63, 3.8) is 0 Å². The number of hydrogen-bond donors (Lipinski definition) is 2. The number of benzene rings is 1. The van der Waals surface area contributed by atoms with Gasteiger partial charge in [0.2, 0.25) is 0 Å². The van der Waals surface area contributed by atoms with Gasteiger partial charge in [-0.3, -0.25) is 4.99 Å². The molecule has 0 saturated heterocycles. The van der Waals surface area contributed by atoms with Crippen LogP contribution in [0.3, 0.4) is 0 Å². The zero-order valence-corrected chi connectivity index (χ0v) is 16.6. The number of aryl methyl sites for hydroxylation is 2. The number of nitrogens with zero attached hydrogens (tertiary/aromatic N) is 2. The van der Waals surface area contributed by atoms with Crippen LogP contribution >= 0.6 is 24.0 Å². The van der Waals surface area contributed by atoms with Gasteiger partial charge in [0.25, 0.3) is 0 Å². The fourth-order valence-electron chi connectivity index (χ4n) is 2.35. The number of nitrogens with one attached hydrogen (secondary N) is 2. The second-order valence-corrected chi connectivity index (χ2v) is 5.11. The van der Waals surface area contributed by atoms with Crippen LogP contribution in [-0.4, -0.2) is 18.2 Å². The molecule has 0 fully saturated rings. The third-order valence-electron chi connectivity index (χ3n) is 3.67. The number of halogens is 2. The molecule has 0 saturated carbocycles. The summed E-state index contributed by atoms with van der Waals surface area (Å²) in [6.45, 7) is 5.03. The summed E-state index contributed by atoms with van der Waals surface area (Å²) >= 11 is 0. The molecule has 1 aromatic heterocycles. The summed E-state index contributed by atoms with van der Waals surface area (Å²) in [6, 6.07) is 6.69. The highest BCUT2D eigenvalue weighted by Gasteiger charge is 2.13. The van der Waals surface area contributed by atoms with E-state index in [0.717, 1.165) is 29.9 Å². The minimum atomic E-state index is -0.226. The van der Waals surface area contributed by atoms with Gasteiger partial charge in [0, 0.05) is 37.7 Å². The minimum Gasteiger partial charge on any atom is -0.361 e. The van der Waals surface area contributed by atoms with Crippen molar-refractivity contribution in [2.45, 2.75) is 39.8 Å². The topological polar surface area (TPSA) is 62.5 Å². The predicted molar refractivity (Wildman–Crippen MR) is 104 cm³/mol. The molecule has 2 aromatic rings. The molecule has 0 unspecified atom stereocenters. The van der Waals surface area contributed by atoms with Crippen molar-refractivity contribution in [1.29, 1.82) is 0 Å². The highest BCUT2D eigenvalue weighted by molar-refractivity contribution is 14.0. The maximum atomic E-state index is 13.6. The third kappa shape index (κ3) is 5.19. The molecule has 0 aliphatic carbocycles. The van der Waals surface area contributed by atoms with E-state index in [4.69, 9.17) is 4.52 Å². The Morgan fingerprint density at radius 1 is 1.17 bits per heavy atom.